The highest BCUT2D eigenvalue weighted by Crippen LogP contribution is 2.10. The van der Waals surface area contributed by atoms with Crippen LogP contribution >= 0.6 is 0 Å². The molecule has 0 aliphatic rings. The first-order valence-corrected chi connectivity index (χ1v) is 5.25. The highest BCUT2D eigenvalue weighted by molar-refractivity contribution is 5.68. The number of rotatable bonds is 3. The van der Waals surface area contributed by atoms with Crippen molar-refractivity contribution >= 4 is 6.09 Å². The van der Waals surface area contributed by atoms with Crippen molar-refractivity contribution in [3.8, 4) is 12.3 Å². The predicted molar refractivity (Wildman–Crippen MR) is 61.4 cm³/mol. The topological polar surface area (TPSA) is 38.3 Å². The maximum absolute atomic E-state index is 11.4. The summed E-state index contributed by atoms with van der Waals surface area (Å²) < 4.78 is 5.12. The smallest absolute Gasteiger partial charge is 0.408 e. The van der Waals surface area contributed by atoms with Crippen molar-refractivity contribution in [3.05, 3.63) is 0 Å². The van der Waals surface area contributed by atoms with Crippen molar-refractivity contribution in [1.82, 2.24) is 5.32 Å². The standard InChI is InChI=1S/C12H21NO2/c1-7-9(3)10(8-2)13-11(14)15-12(4,5)6/h2,9-10H,7H2,1,3-6H3,(H,13,14)/t9-,10?/m0/s1. The van der Waals surface area contributed by atoms with E-state index < -0.39 is 11.7 Å². The first-order valence-electron chi connectivity index (χ1n) is 5.25. The average molecular weight is 211 g/mol. The molecule has 0 spiro atoms. The van der Waals surface area contributed by atoms with Gasteiger partial charge in [0.1, 0.15) is 5.60 Å². The minimum absolute atomic E-state index is 0.252. The highest BCUT2D eigenvalue weighted by Gasteiger charge is 2.20. The zero-order valence-corrected chi connectivity index (χ0v) is 10.3. The van der Waals surface area contributed by atoms with Gasteiger partial charge in [0.25, 0.3) is 0 Å². The molecule has 0 saturated carbocycles. The predicted octanol–water partition coefficient (Wildman–Crippen LogP) is 2.56. The molecule has 15 heavy (non-hydrogen) atoms. The van der Waals surface area contributed by atoms with Crippen LogP contribution in [0.1, 0.15) is 41.0 Å². The number of ether oxygens (including phenoxy) is 1. The molecule has 0 aliphatic heterocycles. The van der Waals surface area contributed by atoms with Gasteiger partial charge in [0.2, 0.25) is 0 Å². The fourth-order valence-corrected chi connectivity index (χ4v) is 1.02. The quantitative estimate of drug-likeness (QED) is 0.729. The second-order valence-electron chi connectivity index (χ2n) is 4.68. The molecule has 0 aromatic carbocycles. The summed E-state index contributed by atoms with van der Waals surface area (Å²) in [5.41, 5.74) is -0.487. The van der Waals surface area contributed by atoms with E-state index >= 15 is 0 Å². The molecular formula is C12H21NO2. The molecule has 0 fully saturated rings. The molecule has 0 aromatic rings. The van der Waals surface area contributed by atoms with Crippen LogP contribution in [0.4, 0.5) is 4.79 Å². The zero-order chi connectivity index (χ0) is 12.1. The van der Waals surface area contributed by atoms with Gasteiger partial charge in [-0.3, -0.25) is 0 Å². The van der Waals surface area contributed by atoms with E-state index in [4.69, 9.17) is 11.2 Å². The van der Waals surface area contributed by atoms with Crippen LogP contribution in [0.2, 0.25) is 0 Å². The van der Waals surface area contributed by atoms with Gasteiger partial charge in [-0.05, 0) is 26.7 Å². The Bertz CT molecular complexity index is 247. The van der Waals surface area contributed by atoms with Crippen molar-refractivity contribution in [2.24, 2.45) is 5.92 Å². The third kappa shape index (κ3) is 6.01. The first-order chi connectivity index (χ1) is 6.80. The van der Waals surface area contributed by atoms with Crippen LogP contribution in [0.5, 0.6) is 0 Å². The van der Waals surface area contributed by atoms with E-state index in [2.05, 4.69) is 11.2 Å². The molecule has 86 valence electrons. The lowest BCUT2D eigenvalue weighted by molar-refractivity contribution is 0.0504. The lowest BCUT2D eigenvalue weighted by Crippen LogP contribution is -2.41. The lowest BCUT2D eigenvalue weighted by Gasteiger charge is -2.23. The Morgan fingerprint density at radius 3 is 2.40 bits per heavy atom. The van der Waals surface area contributed by atoms with Crippen LogP contribution in [-0.2, 0) is 4.74 Å². The lowest BCUT2D eigenvalue weighted by atomic mass is 10.0. The summed E-state index contributed by atoms with van der Waals surface area (Å²) in [5, 5.41) is 2.68. The van der Waals surface area contributed by atoms with E-state index in [0.29, 0.717) is 0 Å². The van der Waals surface area contributed by atoms with Crippen LogP contribution in [0.15, 0.2) is 0 Å². The van der Waals surface area contributed by atoms with Crippen molar-refractivity contribution in [1.29, 1.82) is 0 Å². The maximum atomic E-state index is 11.4. The molecule has 0 rings (SSSR count). The van der Waals surface area contributed by atoms with Crippen LogP contribution in [0.3, 0.4) is 0 Å². The highest BCUT2D eigenvalue weighted by atomic mass is 16.6. The van der Waals surface area contributed by atoms with Crippen molar-refractivity contribution in [2.75, 3.05) is 0 Å². The van der Waals surface area contributed by atoms with E-state index in [9.17, 15) is 4.79 Å². The molecule has 1 N–H and O–H groups in total. The van der Waals surface area contributed by atoms with E-state index in [1.165, 1.54) is 0 Å². The van der Waals surface area contributed by atoms with E-state index in [1.54, 1.807) is 0 Å². The molecule has 0 aliphatic carbocycles. The Balaban J connectivity index is 4.21. The summed E-state index contributed by atoms with van der Waals surface area (Å²) in [6.07, 6.45) is 5.81. The number of hydrogen-bond donors (Lipinski definition) is 1. The molecule has 0 heterocycles. The van der Waals surface area contributed by atoms with E-state index in [-0.39, 0.29) is 12.0 Å². The van der Waals surface area contributed by atoms with Gasteiger partial charge in [-0.25, -0.2) is 4.79 Å². The number of amides is 1. The number of carbonyl (C=O) groups is 1. The molecular weight excluding hydrogens is 190 g/mol. The largest absolute Gasteiger partial charge is 0.444 e. The van der Waals surface area contributed by atoms with Crippen LogP contribution in [0, 0.1) is 18.3 Å². The molecule has 3 heteroatoms. The summed E-state index contributed by atoms with van der Waals surface area (Å²) >= 11 is 0. The molecule has 0 radical (unpaired) electrons. The molecule has 0 aromatic heterocycles. The van der Waals surface area contributed by atoms with Crippen LogP contribution < -0.4 is 5.32 Å². The molecule has 3 nitrogen and oxygen atoms in total. The second kappa shape index (κ2) is 5.65. The van der Waals surface area contributed by atoms with Gasteiger partial charge in [0, 0.05) is 0 Å². The Morgan fingerprint density at radius 2 is 2.07 bits per heavy atom. The van der Waals surface area contributed by atoms with Gasteiger partial charge in [-0.1, -0.05) is 26.2 Å². The fourth-order valence-electron chi connectivity index (χ4n) is 1.02. The Hall–Kier alpha value is -1.17. The molecule has 0 saturated heterocycles. The van der Waals surface area contributed by atoms with Crippen LogP contribution in [-0.4, -0.2) is 17.7 Å². The average Bonchev–Trinajstić information content (AvgIpc) is 2.10. The first kappa shape index (κ1) is 13.8. The van der Waals surface area contributed by atoms with Gasteiger partial charge >= 0.3 is 6.09 Å². The molecule has 1 unspecified atom stereocenters. The molecule has 0 bridgehead atoms. The number of carbonyl (C=O) groups excluding carboxylic acids is 1. The van der Waals surface area contributed by atoms with Gasteiger partial charge in [0.05, 0.1) is 6.04 Å². The van der Waals surface area contributed by atoms with E-state index in [0.717, 1.165) is 6.42 Å². The summed E-state index contributed by atoms with van der Waals surface area (Å²) in [6, 6.07) is -0.259. The third-order valence-electron chi connectivity index (χ3n) is 2.06. The van der Waals surface area contributed by atoms with Gasteiger partial charge in [0.15, 0.2) is 0 Å². The summed E-state index contributed by atoms with van der Waals surface area (Å²) in [4.78, 5) is 11.4. The van der Waals surface area contributed by atoms with E-state index in [1.807, 2.05) is 34.6 Å². The van der Waals surface area contributed by atoms with Crippen molar-refractivity contribution in [2.45, 2.75) is 52.7 Å². The van der Waals surface area contributed by atoms with Gasteiger partial charge in [-0.15, -0.1) is 6.42 Å². The number of nitrogens with one attached hydrogen (secondary N) is 1. The van der Waals surface area contributed by atoms with Gasteiger partial charge < -0.3 is 10.1 Å². The normalized spacial score (nSPS) is 14.9. The third-order valence-corrected chi connectivity index (χ3v) is 2.06. The summed E-state index contributed by atoms with van der Waals surface area (Å²) in [5.74, 6) is 2.81. The Kier molecular flexibility index (Phi) is 5.21. The number of hydrogen-bond acceptors (Lipinski definition) is 2. The van der Waals surface area contributed by atoms with Crippen molar-refractivity contribution < 1.29 is 9.53 Å². The fraction of sp³-hybridized carbons (Fsp3) is 0.750. The maximum Gasteiger partial charge on any atom is 0.408 e. The Labute approximate surface area is 92.6 Å². The number of alkyl carbamates (subject to hydrolysis) is 1. The SMILES string of the molecule is C#CC(NC(=O)OC(C)(C)C)[C@@H](C)CC. The molecule has 1 amide bonds. The minimum Gasteiger partial charge on any atom is -0.444 e. The number of terminal acetylenes is 1. The molecule has 2 atom stereocenters. The monoisotopic (exact) mass is 211 g/mol. The van der Waals surface area contributed by atoms with Crippen molar-refractivity contribution in [3.63, 3.8) is 0 Å². The van der Waals surface area contributed by atoms with Crippen LogP contribution in [0.25, 0.3) is 0 Å². The zero-order valence-electron chi connectivity index (χ0n) is 10.3. The minimum atomic E-state index is -0.487. The second-order valence-corrected chi connectivity index (χ2v) is 4.68. The van der Waals surface area contributed by atoms with Gasteiger partial charge in [-0.2, -0.15) is 0 Å². The Morgan fingerprint density at radius 1 is 1.53 bits per heavy atom. The summed E-state index contributed by atoms with van der Waals surface area (Å²) in [7, 11) is 0. The summed E-state index contributed by atoms with van der Waals surface area (Å²) in [6.45, 7) is 9.50.